The van der Waals surface area contributed by atoms with Gasteiger partial charge in [0, 0.05) is 23.7 Å². The van der Waals surface area contributed by atoms with Crippen LogP contribution in [0.4, 0.5) is 0 Å². The number of hydrogen-bond acceptors (Lipinski definition) is 3. The Morgan fingerprint density at radius 1 is 1.16 bits per heavy atom. The lowest BCUT2D eigenvalue weighted by Gasteiger charge is -2.21. The Hall–Kier alpha value is -1.74. The molecule has 1 aromatic heterocycles. The molecule has 0 bridgehead atoms. The van der Waals surface area contributed by atoms with Gasteiger partial charge in [0.2, 0.25) is 0 Å². The van der Waals surface area contributed by atoms with Crippen LogP contribution >= 0.6 is 0 Å². The minimum Gasteiger partial charge on any atom is -0.329 e. The maximum absolute atomic E-state index is 5.80. The van der Waals surface area contributed by atoms with Gasteiger partial charge in [0.25, 0.3) is 0 Å². The molecule has 3 nitrogen and oxygen atoms in total. The Kier molecular flexibility index (Phi) is 3.67. The third-order valence-electron chi connectivity index (χ3n) is 3.43. The summed E-state index contributed by atoms with van der Waals surface area (Å²) in [7, 11) is 0. The molecule has 2 aromatic rings. The summed E-state index contributed by atoms with van der Waals surface area (Å²) in [5, 5.41) is 0. The van der Waals surface area contributed by atoms with Crippen LogP contribution in [0.5, 0.6) is 0 Å². The number of aryl methyl sites for hydroxylation is 2. The van der Waals surface area contributed by atoms with Gasteiger partial charge in [0.05, 0.1) is 5.69 Å². The van der Waals surface area contributed by atoms with E-state index < -0.39 is 0 Å². The topological polar surface area (TPSA) is 51.8 Å². The molecule has 0 spiro atoms. The molecule has 0 amide bonds. The molecule has 1 heterocycles. The molecule has 0 aliphatic heterocycles. The predicted molar refractivity (Wildman–Crippen MR) is 79.0 cm³/mol. The van der Waals surface area contributed by atoms with E-state index in [9.17, 15) is 0 Å². The minimum atomic E-state index is -0.200. The number of hydrogen-bond donors (Lipinski definition) is 1. The molecule has 3 heteroatoms. The van der Waals surface area contributed by atoms with Crippen LogP contribution in [-0.2, 0) is 5.41 Å². The van der Waals surface area contributed by atoms with Crippen molar-refractivity contribution in [2.45, 2.75) is 33.1 Å². The van der Waals surface area contributed by atoms with Crippen LogP contribution in [0.2, 0.25) is 0 Å². The number of nitrogens with zero attached hydrogens (tertiary/aromatic N) is 2. The van der Waals surface area contributed by atoms with Gasteiger partial charge in [0.1, 0.15) is 5.82 Å². The zero-order chi connectivity index (χ0) is 14.0. The van der Waals surface area contributed by atoms with Gasteiger partial charge in [-0.2, -0.15) is 0 Å². The van der Waals surface area contributed by atoms with Crippen LogP contribution in [0.3, 0.4) is 0 Å². The minimum absolute atomic E-state index is 0.200. The molecule has 1 aromatic carbocycles. The van der Waals surface area contributed by atoms with Gasteiger partial charge < -0.3 is 5.73 Å². The van der Waals surface area contributed by atoms with Crippen molar-refractivity contribution < 1.29 is 0 Å². The fraction of sp³-hybridized carbons (Fsp3) is 0.375. The fourth-order valence-electron chi connectivity index (χ4n) is 2.03. The van der Waals surface area contributed by atoms with E-state index in [1.54, 1.807) is 0 Å². The van der Waals surface area contributed by atoms with E-state index >= 15 is 0 Å². The molecule has 0 aliphatic rings. The second kappa shape index (κ2) is 5.10. The number of aromatic nitrogens is 2. The van der Waals surface area contributed by atoms with E-state index in [1.807, 2.05) is 12.3 Å². The quantitative estimate of drug-likeness (QED) is 0.917. The largest absolute Gasteiger partial charge is 0.329 e. The molecular weight excluding hydrogens is 234 g/mol. The van der Waals surface area contributed by atoms with Crippen LogP contribution < -0.4 is 5.73 Å². The standard InChI is InChI=1S/C16H21N3/c1-11-5-6-13(12(2)9-11)14-7-8-18-15(19-14)16(3,4)10-17/h5-9H,10,17H2,1-4H3. The van der Waals surface area contributed by atoms with E-state index in [4.69, 9.17) is 5.73 Å². The van der Waals surface area contributed by atoms with Crippen molar-refractivity contribution in [2.75, 3.05) is 6.54 Å². The molecule has 0 fully saturated rings. The SMILES string of the molecule is Cc1ccc(-c2ccnc(C(C)(C)CN)n2)c(C)c1. The van der Waals surface area contributed by atoms with Gasteiger partial charge in [-0.05, 0) is 25.5 Å². The first-order valence-corrected chi connectivity index (χ1v) is 6.55. The van der Waals surface area contributed by atoms with E-state index in [2.05, 4.69) is 55.9 Å². The molecule has 19 heavy (non-hydrogen) atoms. The summed E-state index contributed by atoms with van der Waals surface area (Å²) < 4.78 is 0. The van der Waals surface area contributed by atoms with Crippen LogP contribution in [0.1, 0.15) is 30.8 Å². The maximum atomic E-state index is 5.80. The van der Waals surface area contributed by atoms with Crippen molar-refractivity contribution in [3.8, 4) is 11.3 Å². The van der Waals surface area contributed by atoms with E-state index in [0.29, 0.717) is 6.54 Å². The molecule has 100 valence electrons. The Balaban J connectivity index is 2.49. The molecule has 0 saturated carbocycles. The summed E-state index contributed by atoms with van der Waals surface area (Å²) in [5.74, 6) is 0.799. The van der Waals surface area contributed by atoms with E-state index in [1.165, 1.54) is 11.1 Å². The molecular formula is C16H21N3. The average molecular weight is 255 g/mol. The van der Waals surface area contributed by atoms with Gasteiger partial charge in [-0.25, -0.2) is 9.97 Å². The van der Waals surface area contributed by atoms with Gasteiger partial charge >= 0.3 is 0 Å². The Morgan fingerprint density at radius 3 is 2.53 bits per heavy atom. The maximum Gasteiger partial charge on any atom is 0.135 e. The molecule has 0 radical (unpaired) electrons. The third kappa shape index (κ3) is 2.82. The molecule has 0 unspecified atom stereocenters. The van der Waals surface area contributed by atoms with Crippen molar-refractivity contribution >= 4 is 0 Å². The van der Waals surface area contributed by atoms with Crippen LogP contribution in [0.25, 0.3) is 11.3 Å². The van der Waals surface area contributed by atoms with Crippen molar-refractivity contribution in [2.24, 2.45) is 5.73 Å². The average Bonchev–Trinajstić information content (AvgIpc) is 2.39. The van der Waals surface area contributed by atoms with Gasteiger partial charge in [-0.1, -0.05) is 37.6 Å². The zero-order valence-corrected chi connectivity index (χ0v) is 12.1. The highest BCUT2D eigenvalue weighted by Gasteiger charge is 2.22. The Bertz CT molecular complexity index is 588. The summed E-state index contributed by atoms with van der Waals surface area (Å²) in [6.07, 6.45) is 1.81. The smallest absolute Gasteiger partial charge is 0.135 e. The van der Waals surface area contributed by atoms with Crippen LogP contribution in [-0.4, -0.2) is 16.5 Å². The summed E-state index contributed by atoms with van der Waals surface area (Å²) in [6, 6.07) is 8.35. The second-order valence-corrected chi connectivity index (χ2v) is 5.67. The van der Waals surface area contributed by atoms with Crippen LogP contribution in [0.15, 0.2) is 30.5 Å². The molecule has 2 N–H and O–H groups in total. The van der Waals surface area contributed by atoms with Gasteiger partial charge in [-0.3, -0.25) is 0 Å². The van der Waals surface area contributed by atoms with Gasteiger partial charge in [0.15, 0.2) is 0 Å². The number of benzene rings is 1. The zero-order valence-electron chi connectivity index (χ0n) is 12.1. The third-order valence-corrected chi connectivity index (χ3v) is 3.43. The molecule has 0 aliphatic carbocycles. The monoisotopic (exact) mass is 255 g/mol. The fourth-order valence-corrected chi connectivity index (χ4v) is 2.03. The van der Waals surface area contributed by atoms with Crippen molar-refractivity contribution in [3.63, 3.8) is 0 Å². The summed E-state index contributed by atoms with van der Waals surface area (Å²) in [4.78, 5) is 9.05. The lowest BCUT2D eigenvalue weighted by molar-refractivity contribution is 0.503. The highest BCUT2D eigenvalue weighted by Crippen LogP contribution is 2.25. The Labute approximate surface area is 114 Å². The van der Waals surface area contributed by atoms with E-state index in [0.717, 1.165) is 17.1 Å². The predicted octanol–water partition coefficient (Wildman–Crippen LogP) is 3.00. The van der Waals surface area contributed by atoms with Crippen molar-refractivity contribution in [3.05, 3.63) is 47.4 Å². The first-order chi connectivity index (χ1) is 8.94. The molecule has 0 saturated heterocycles. The summed E-state index contributed by atoms with van der Waals surface area (Å²) in [6.45, 7) is 8.86. The lowest BCUT2D eigenvalue weighted by atomic mass is 9.92. The van der Waals surface area contributed by atoms with E-state index in [-0.39, 0.29) is 5.41 Å². The first kappa shape index (κ1) is 13.7. The summed E-state index contributed by atoms with van der Waals surface area (Å²) in [5.41, 5.74) is 10.2. The number of rotatable bonds is 3. The molecule has 2 rings (SSSR count). The number of nitrogens with two attached hydrogens (primary N) is 1. The van der Waals surface area contributed by atoms with Gasteiger partial charge in [-0.15, -0.1) is 0 Å². The summed E-state index contributed by atoms with van der Waals surface area (Å²) >= 11 is 0. The highest BCUT2D eigenvalue weighted by atomic mass is 14.9. The van der Waals surface area contributed by atoms with Crippen molar-refractivity contribution in [1.82, 2.24) is 9.97 Å². The lowest BCUT2D eigenvalue weighted by Crippen LogP contribution is -2.30. The molecule has 0 atom stereocenters. The van der Waals surface area contributed by atoms with Crippen molar-refractivity contribution in [1.29, 1.82) is 0 Å². The Morgan fingerprint density at radius 2 is 1.89 bits per heavy atom. The van der Waals surface area contributed by atoms with Crippen LogP contribution in [0, 0.1) is 13.8 Å². The highest BCUT2D eigenvalue weighted by molar-refractivity contribution is 5.63. The second-order valence-electron chi connectivity index (χ2n) is 5.67. The first-order valence-electron chi connectivity index (χ1n) is 6.55. The normalized spacial score (nSPS) is 11.6.